The second kappa shape index (κ2) is 6.96. The third-order valence-electron chi connectivity index (χ3n) is 4.03. The number of urea groups is 1. The standard InChI is InChI=1S/C16H23FN2O3/c1-4-16(2)11-19(7-8-22-16)15(20)18-10-12-5-6-14(21-3)13(17)9-12/h5-6,9H,4,7-8,10-11H2,1-3H3,(H,18,20)/t16-/m0/s1. The van der Waals surface area contributed by atoms with Crippen molar-refractivity contribution in [2.75, 3.05) is 26.8 Å². The van der Waals surface area contributed by atoms with E-state index in [2.05, 4.69) is 5.32 Å². The Balaban J connectivity index is 1.91. The number of amides is 2. The van der Waals surface area contributed by atoms with Gasteiger partial charge in [-0.3, -0.25) is 0 Å². The van der Waals surface area contributed by atoms with E-state index < -0.39 is 5.82 Å². The highest BCUT2D eigenvalue weighted by Crippen LogP contribution is 2.21. The summed E-state index contributed by atoms with van der Waals surface area (Å²) < 4.78 is 24.2. The normalized spacial score (nSPS) is 21.5. The molecule has 0 aromatic heterocycles. The number of benzene rings is 1. The van der Waals surface area contributed by atoms with Crippen LogP contribution in [0.5, 0.6) is 5.75 Å². The summed E-state index contributed by atoms with van der Waals surface area (Å²) in [6.45, 7) is 5.99. The van der Waals surface area contributed by atoms with Gasteiger partial charge >= 0.3 is 6.03 Å². The zero-order valence-electron chi connectivity index (χ0n) is 13.3. The molecule has 1 atom stereocenters. The molecule has 5 nitrogen and oxygen atoms in total. The number of morpholine rings is 1. The minimum atomic E-state index is -0.431. The summed E-state index contributed by atoms with van der Waals surface area (Å²) in [6.07, 6.45) is 0.848. The third-order valence-corrected chi connectivity index (χ3v) is 4.03. The number of ether oxygens (including phenoxy) is 2. The van der Waals surface area contributed by atoms with Crippen LogP contribution in [0.1, 0.15) is 25.8 Å². The number of carbonyl (C=O) groups is 1. The lowest BCUT2D eigenvalue weighted by Gasteiger charge is -2.39. The van der Waals surface area contributed by atoms with E-state index in [-0.39, 0.29) is 23.9 Å². The van der Waals surface area contributed by atoms with Crippen LogP contribution in [0.15, 0.2) is 18.2 Å². The molecular formula is C16H23FN2O3. The second-order valence-corrected chi connectivity index (χ2v) is 5.70. The summed E-state index contributed by atoms with van der Waals surface area (Å²) in [5.74, 6) is -0.235. The zero-order valence-corrected chi connectivity index (χ0v) is 13.3. The predicted molar refractivity (Wildman–Crippen MR) is 81.4 cm³/mol. The molecule has 1 aliphatic heterocycles. The second-order valence-electron chi connectivity index (χ2n) is 5.70. The van der Waals surface area contributed by atoms with Gasteiger partial charge in [0.25, 0.3) is 0 Å². The van der Waals surface area contributed by atoms with Gasteiger partial charge in [0.15, 0.2) is 11.6 Å². The Hall–Kier alpha value is -1.82. The number of hydrogen-bond donors (Lipinski definition) is 1. The van der Waals surface area contributed by atoms with Crippen molar-refractivity contribution in [2.24, 2.45) is 0 Å². The van der Waals surface area contributed by atoms with Crippen LogP contribution in [0.3, 0.4) is 0 Å². The highest BCUT2D eigenvalue weighted by molar-refractivity contribution is 5.74. The summed E-state index contributed by atoms with van der Waals surface area (Å²) in [6, 6.07) is 4.51. The molecule has 6 heteroatoms. The molecule has 22 heavy (non-hydrogen) atoms. The quantitative estimate of drug-likeness (QED) is 0.930. The first-order chi connectivity index (χ1) is 10.5. The van der Waals surface area contributed by atoms with E-state index in [0.717, 1.165) is 6.42 Å². The Bertz CT molecular complexity index is 538. The fourth-order valence-corrected chi connectivity index (χ4v) is 2.43. The van der Waals surface area contributed by atoms with Crippen molar-refractivity contribution < 1.29 is 18.7 Å². The molecule has 1 heterocycles. The van der Waals surface area contributed by atoms with E-state index >= 15 is 0 Å². The van der Waals surface area contributed by atoms with Crippen LogP contribution in [0.2, 0.25) is 0 Å². The van der Waals surface area contributed by atoms with Gasteiger partial charge in [-0.2, -0.15) is 0 Å². The average Bonchev–Trinajstić information content (AvgIpc) is 2.52. The molecule has 1 fully saturated rings. The molecule has 0 radical (unpaired) electrons. The van der Waals surface area contributed by atoms with Gasteiger partial charge in [-0.05, 0) is 31.0 Å². The Morgan fingerprint density at radius 3 is 2.95 bits per heavy atom. The zero-order chi connectivity index (χ0) is 16.2. The van der Waals surface area contributed by atoms with Crippen molar-refractivity contribution in [3.63, 3.8) is 0 Å². The van der Waals surface area contributed by atoms with Crippen LogP contribution in [-0.4, -0.2) is 43.3 Å². The van der Waals surface area contributed by atoms with Crippen molar-refractivity contribution in [3.05, 3.63) is 29.6 Å². The van der Waals surface area contributed by atoms with Gasteiger partial charge < -0.3 is 19.7 Å². The predicted octanol–water partition coefficient (Wildman–Crippen LogP) is 2.54. The highest BCUT2D eigenvalue weighted by atomic mass is 19.1. The number of hydrogen-bond acceptors (Lipinski definition) is 3. The van der Waals surface area contributed by atoms with Crippen molar-refractivity contribution in [3.8, 4) is 5.75 Å². The molecule has 0 aliphatic carbocycles. The number of nitrogens with zero attached hydrogens (tertiary/aromatic N) is 1. The van der Waals surface area contributed by atoms with Crippen LogP contribution < -0.4 is 10.1 Å². The van der Waals surface area contributed by atoms with Gasteiger partial charge in [-0.25, -0.2) is 9.18 Å². The maximum absolute atomic E-state index is 13.6. The minimum Gasteiger partial charge on any atom is -0.494 e. The Morgan fingerprint density at radius 1 is 1.55 bits per heavy atom. The van der Waals surface area contributed by atoms with E-state index in [1.165, 1.54) is 13.2 Å². The maximum Gasteiger partial charge on any atom is 0.317 e. The number of methoxy groups -OCH3 is 1. The lowest BCUT2D eigenvalue weighted by atomic mass is 10.0. The molecule has 1 aromatic rings. The van der Waals surface area contributed by atoms with Crippen molar-refractivity contribution in [1.82, 2.24) is 10.2 Å². The summed E-state index contributed by atoms with van der Waals surface area (Å²) in [7, 11) is 1.42. The minimum absolute atomic E-state index is 0.154. The number of carbonyl (C=O) groups excluding carboxylic acids is 1. The van der Waals surface area contributed by atoms with Crippen LogP contribution in [-0.2, 0) is 11.3 Å². The van der Waals surface area contributed by atoms with Crippen molar-refractivity contribution in [1.29, 1.82) is 0 Å². The molecule has 122 valence electrons. The molecule has 0 spiro atoms. The van der Waals surface area contributed by atoms with Gasteiger partial charge in [-0.1, -0.05) is 13.0 Å². The third kappa shape index (κ3) is 3.88. The summed E-state index contributed by atoms with van der Waals surface area (Å²) in [5.41, 5.74) is 0.403. The Labute approximate surface area is 130 Å². The summed E-state index contributed by atoms with van der Waals surface area (Å²) in [4.78, 5) is 14.0. The van der Waals surface area contributed by atoms with Gasteiger partial charge in [0, 0.05) is 13.1 Å². The molecule has 1 aromatic carbocycles. The Morgan fingerprint density at radius 2 is 2.32 bits per heavy atom. The summed E-state index contributed by atoms with van der Waals surface area (Å²) >= 11 is 0. The molecule has 0 bridgehead atoms. The van der Waals surface area contributed by atoms with E-state index in [4.69, 9.17) is 9.47 Å². The molecule has 2 rings (SSSR count). The molecule has 1 saturated heterocycles. The lowest BCUT2D eigenvalue weighted by Crippen LogP contribution is -2.54. The fourth-order valence-electron chi connectivity index (χ4n) is 2.43. The highest BCUT2D eigenvalue weighted by Gasteiger charge is 2.32. The first-order valence-electron chi connectivity index (χ1n) is 7.46. The SMILES string of the molecule is CC[C@@]1(C)CN(C(=O)NCc2ccc(OC)c(F)c2)CCO1. The van der Waals surface area contributed by atoms with Crippen LogP contribution in [0.4, 0.5) is 9.18 Å². The first-order valence-corrected chi connectivity index (χ1v) is 7.46. The van der Waals surface area contributed by atoms with Crippen molar-refractivity contribution >= 4 is 6.03 Å². The van der Waals surface area contributed by atoms with E-state index in [1.54, 1.807) is 17.0 Å². The number of rotatable bonds is 4. The maximum atomic E-state index is 13.6. The van der Waals surface area contributed by atoms with E-state index in [1.807, 2.05) is 13.8 Å². The average molecular weight is 310 g/mol. The molecule has 0 unspecified atom stereocenters. The van der Waals surface area contributed by atoms with E-state index in [9.17, 15) is 9.18 Å². The Kier molecular flexibility index (Phi) is 5.24. The largest absolute Gasteiger partial charge is 0.494 e. The van der Waals surface area contributed by atoms with Gasteiger partial charge in [0.05, 0.1) is 25.9 Å². The number of halogens is 1. The van der Waals surface area contributed by atoms with Crippen LogP contribution >= 0.6 is 0 Å². The van der Waals surface area contributed by atoms with Crippen molar-refractivity contribution in [2.45, 2.75) is 32.4 Å². The monoisotopic (exact) mass is 310 g/mol. The van der Waals surface area contributed by atoms with E-state index in [0.29, 0.717) is 25.3 Å². The van der Waals surface area contributed by atoms with Gasteiger partial charge in [-0.15, -0.1) is 0 Å². The summed E-state index contributed by atoms with van der Waals surface area (Å²) in [5, 5.41) is 2.82. The first kappa shape index (κ1) is 16.5. The smallest absolute Gasteiger partial charge is 0.317 e. The molecule has 1 aliphatic rings. The molecule has 1 N–H and O–H groups in total. The topological polar surface area (TPSA) is 50.8 Å². The van der Waals surface area contributed by atoms with Gasteiger partial charge in [0.2, 0.25) is 0 Å². The molecular weight excluding hydrogens is 287 g/mol. The fraction of sp³-hybridized carbons (Fsp3) is 0.562. The molecule has 2 amide bonds. The lowest BCUT2D eigenvalue weighted by molar-refractivity contribution is -0.0872. The molecule has 0 saturated carbocycles. The van der Waals surface area contributed by atoms with Crippen LogP contribution in [0.25, 0.3) is 0 Å². The number of nitrogens with one attached hydrogen (secondary N) is 1. The van der Waals surface area contributed by atoms with Crippen LogP contribution in [0, 0.1) is 5.82 Å². The van der Waals surface area contributed by atoms with Gasteiger partial charge in [0.1, 0.15) is 0 Å².